The summed E-state index contributed by atoms with van der Waals surface area (Å²) in [7, 11) is 0. The Hall–Kier alpha value is -1.83. The number of fused-ring (bicyclic) bond motifs is 1. The van der Waals surface area contributed by atoms with Gasteiger partial charge in [0.15, 0.2) is 0 Å². The summed E-state index contributed by atoms with van der Waals surface area (Å²) in [4.78, 5) is 11.4. The Labute approximate surface area is 150 Å². The van der Waals surface area contributed by atoms with Gasteiger partial charge in [-0.25, -0.2) is 0 Å². The van der Waals surface area contributed by atoms with Crippen LogP contribution in [-0.2, 0) is 16.0 Å². The summed E-state index contributed by atoms with van der Waals surface area (Å²) in [5.74, 6) is 1.52. The average molecular weight is 349 g/mol. The largest absolute Gasteiger partial charge is 0.481 e. The molecule has 3 nitrogen and oxygen atoms in total. The second kappa shape index (κ2) is 14.7. The van der Waals surface area contributed by atoms with E-state index in [1.165, 1.54) is 23.3 Å². The lowest BCUT2D eigenvalue weighted by atomic mass is 10.2. The summed E-state index contributed by atoms with van der Waals surface area (Å²) >= 11 is 1.86. The molecule has 2 rings (SSSR count). The van der Waals surface area contributed by atoms with Gasteiger partial charge in [-0.3, -0.25) is 4.79 Å². The van der Waals surface area contributed by atoms with Crippen molar-refractivity contribution in [2.75, 3.05) is 6.61 Å². The number of aryl methyl sites for hydroxylation is 1. The molecule has 1 aliphatic rings. The molecule has 0 bridgehead atoms. The predicted molar refractivity (Wildman–Crippen MR) is 102 cm³/mol. The van der Waals surface area contributed by atoms with Crippen LogP contribution in [0.15, 0.2) is 35.8 Å². The van der Waals surface area contributed by atoms with E-state index in [-0.39, 0.29) is 6.42 Å². The van der Waals surface area contributed by atoms with Gasteiger partial charge in [-0.05, 0) is 57.0 Å². The van der Waals surface area contributed by atoms with Crippen LogP contribution in [-0.4, -0.2) is 17.7 Å². The van der Waals surface area contributed by atoms with Crippen molar-refractivity contribution >= 4 is 17.3 Å². The maximum atomic E-state index is 9.84. The fourth-order valence-corrected chi connectivity index (χ4v) is 3.02. The molecule has 0 saturated carbocycles. The summed E-state index contributed by atoms with van der Waals surface area (Å²) in [6.45, 7) is 6.30. The van der Waals surface area contributed by atoms with Gasteiger partial charge in [0.05, 0.1) is 12.7 Å². The molecule has 0 aromatic carbocycles. The Morgan fingerprint density at radius 2 is 2.12 bits per heavy atom. The third-order valence-electron chi connectivity index (χ3n) is 3.15. The quantitative estimate of drug-likeness (QED) is 0.553. The van der Waals surface area contributed by atoms with Gasteiger partial charge in [0.25, 0.3) is 0 Å². The number of rotatable bonds is 6. The van der Waals surface area contributed by atoms with Crippen molar-refractivity contribution in [1.29, 1.82) is 0 Å². The van der Waals surface area contributed by atoms with Gasteiger partial charge in [-0.2, -0.15) is 0 Å². The lowest BCUT2D eigenvalue weighted by Gasteiger charge is -2.09. The van der Waals surface area contributed by atoms with Crippen molar-refractivity contribution in [3.8, 4) is 12.3 Å². The first-order valence-corrected chi connectivity index (χ1v) is 8.97. The Balaban J connectivity index is 0.000000415. The second-order valence-corrected chi connectivity index (χ2v) is 6.02. The minimum absolute atomic E-state index is 0.240. The normalized spacial score (nSPS) is 15.2. The highest BCUT2D eigenvalue weighted by molar-refractivity contribution is 7.10. The molecule has 0 amide bonds. The van der Waals surface area contributed by atoms with Gasteiger partial charge in [0.1, 0.15) is 0 Å². The number of thiophene rings is 1. The molecule has 1 heterocycles. The molecule has 0 aliphatic heterocycles. The summed E-state index contributed by atoms with van der Waals surface area (Å²) in [6.07, 6.45) is 16.0. The fraction of sp³-hybridized carbons (Fsp3) is 0.450. The number of carboxylic acids is 1. The van der Waals surface area contributed by atoms with Crippen LogP contribution < -0.4 is 0 Å². The van der Waals surface area contributed by atoms with Crippen molar-refractivity contribution in [2.24, 2.45) is 0 Å². The molecule has 4 heteroatoms. The maximum Gasteiger partial charge on any atom is 0.303 e. The van der Waals surface area contributed by atoms with E-state index in [0.29, 0.717) is 12.5 Å². The zero-order valence-electron chi connectivity index (χ0n) is 14.8. The van der Waals surface area contributed by atoms with E-state index in [1.807, 2.05) is 43.4 Å². The van der Waals surface area contributed by atoms with Gasteiger partial charge < -0.3 is 9.84 Å². The number of carbonyl (C=O) groups is 1. The first-order valence-electron chi connectivity index (χ1n) is 8.09. The zero-order valence-corrected chi connectivity index (χ0v) is 15.6. The standard InChI is InChI=1S/C11H14OS.C6H10O2.C3H4/c1-2-3-7-12-10-4-5-11-9(10)6-8-13-11;1-2-3-4-5-6(7)8;1-3-2/h2-3,6,8,10H,4-5,7H2,1H3;2-3H,4-5H2,1H3,(H,7,8);1H,2H3/b3-2-;3-2+;. The molecule has 1 unspecified atom stereocenters. The van der Waals surface area contributed by atoms with E-state index >= 15 is 0 Å². The van der Waals surface area contributed by atoms with Gasteiger partial charge in [-0.1, -0.05) is 24.3 Å². The van der Waals surface area contributed by atoms with Crippen molar-refractivity contribution in [3.05, 3.63) is 46.2 Å². The van der Waals surface area contributed by atoms with E-state index in [9.17, 15) is 4.79 Å². The summed E-state index contributed by atoms with van der Waals surface area (Å²) in [6, 6.07) is 2.20. The minimum Gasteiger partial charge on any atom is -0.481 e. The van der Waals surface area contributed by atoms with Crippen LogP contribution in [0.4, 0.5) is 0 Å². The van der Waals surface area contributed by atoms with Gasteiger partial charge >= 0.3 is 5.97 Å². The molecule has 1 aliphatic carbocycles. The van der Waals surface area contributed by atoms with Crippen molar-refractivity contribution < 1.29 is 14.6 Å². The lowest BCUT2D eigenvalue weighted by molar-refractivity contribution is -0.136. The van der Waals surface area contributed by atoms with E-state index < -0.39 is 5.97 Å². The molecule has 0 radical (unpaired) electrons. The third-order valence-corrected chi connectivity index (χ3v) is 4.15. The van der Waals surface area contributed by atoms with E-state index in [1.54, 1.807) is 6.92 Å². The Morgan fingerprint density at radius 1 is 1.46 bits per heavy atom. The number of carboxylic acid groups (broad SMARTS) is 1. The topological polar surface area (TPSA) is 46.5 Å². The minimum atomic E-state index is -0.733. The van der Waals surface area contributed by atoms with E-state index in [0.717, 1.165) is 6.61 Å². The number of aliphatic carboxylic acids is 1. The molecule has 132 valence electrons. The summed E-state index contributed by atoms with van der Waals surface area (Å²) in [5.41, 5.74) is 1.43. The van der Waals surface area contributed by atoms with Crippen molar-refractivity contribution in [3.63, 3.8) is 0 Å². The summed E-state index contributed by atoms with van der Waals surface area (Å²) < 4.78 is 5.75. The van der Waals surface area contributed by atoms with Gasteiger partial charge in [0, 0.05) is 11.3 Å². The van der Waals surface area contributed by atoms with Crippen LogP contribution in [0, 0.1) is 12.3 Å². The predicted octanol–water partition coefficient (Wildman–Crippen LogP) is 5.39. The molecule has 1 aromatic heterocycles. The molecule has 24 heavy (non-hydrogen) atoms. The molecule has 0 fully saturated rings. The average Bonchev–Trinajstić information content (AvgIpc) is 3.14. The Bertz CT molecular complexity index is 549. The smallest absolute Gasteiger partial charge is 0.303 e. The van der Waals surface area contributed by atoms with Crippen LogP contribution in [0.1, 0.15) is 56.6 Å². The van der Waals surface area contributed by atoms with Crippen LogP contribution in [0.2, 0.25) is 0 Å². The molecule has 1 atom stereocenters. The molecule has 0 saturated heterocycles. The number of hydrogen-bond acceptors (Lipinski definition) is 3. The highest BCUT2D eigenvalue weighted by Gasteiger charge is 2.23. The lowest BCUT2D eigenvalue weighted by Crippen LogP contribution is -1.99. The maximum absolute atomic E-state index is 9.84. The SMILES string of the molecule is C#CC.C/C=C/CCC(=O)O.C/C=C\COC1CCc2sccc21. The van der Waals surface area contributed by atoms with E-state index in [4.69, 9.17) is 9.84 Å². The van der Waals surface area contributed by atoms with E-state index in [2.05, 4.69) is 29.9 Å². The van der Waals surface area contributed by atoms with Gasteiger partial charge in [0.2, 0.25) is 0 Å². The fourth-order valence-electron chi connectivity index (χ4n) is 2.07. The van der Waals surface area contributed by atoms with Crippen molar-refractivity contribution in [2.45, 2.75) is 52.6 Å². The highest BCUT2D eigenvalue weighted by Crippen LogP contribution is 2.37. The number of allylic oxidation sites excluding steroid dienone is 3. The van der Waals surface area contributed by atoms with Crippen LogP contribution >= 0.6 is 11.3 Å². The Morgan fingerprint density at radius 3 is 2.71 bits per heavy atom. The Kier molecular flexibility index (Phi) is 13.6. The second-order valence-electron chi connectivity index (χ2n) is 5.02. The number of terminal acetylenes is 1. The summed E-state index contributed by atoms with van der Waals surface area (Å²) in [5, 5.41) is 10.3. The van der Waals surface area contributed by atoms with Crippen molar-refractivity contribution in [1.82, 2.24) is 0 Å². The van der Waals surface area contributed by atoms with Crippen LogP contribution in [0.5, 0.6) is 0 Å². The van der Waals surface area contributed by atoms with Gasteiger partial charge in [-0.15, -0.1) is 23.7 Å². The first kappa shape index (κ1) is 22.2. The number of hydrogen-bond donors (Lipinski definition) is 1. The number of ether oxygens (including phenoxy) is 1. The highest BCUT2D eigenvalue weighted by atomic mass is 32.1. The van der Waals surface area contributed by atoms with Crippen LogP contribution in [0.25, 0.3) is 0 Å². The molecule has 1 aromatic rings. The molecule has 1 N–H and O–H groups in total. The molecular formula is C20H28O3S. The monoisotopic (exact) mass is 348 g/mol. The first-order chi connectivity index (χ1) is 11.6. The zero-order chi connectivity index (χ0) is 18.2. The van der Waals surface area contributed by atoms with Crippen LogP contribution in [0.3, 0.4) is 0 Å². The molecule has 0 spiro atoms. The molecular weight excluding hydrogens is 320 g/mol. The third kappa shape index (κ3) is 10.0.